The van der Waals surface area contributed by atoms with Gasteiger partial charge in [0.25, 0.3) is 0 Å². The van der Waals surface area contributed by atoms with Crippen LogP contribution in [-0.4, -0.2) is 28.2 Å². The van der Waals surface area contributed by atoms with Gasteiger partial charge in [-0.05, 0) is 55.2 Å². The van der Waals surface area contributed by atoms with Gasteiger partial charge in [-0.25, -0.2) is 4.98 Å². The third-order valence-corrected chi connectivity index (χ3v) is 4.45. The molecule has 0 radical (unpaired) electrons. The molecule has 0 atom stereocenters. The van der Waals surface area contributed by atoms with Crippen LogP contribution in [-0.2, 0) is 0 Å². The molecule has 3 heterocycles. The van der Waals surface area contributed by atoms with E-state index in [9.17, 15) is 5.11 Å². The molecule has 4 nitrogen and oxygen atoms in total. The number of fused-ring (bicyclic) bond motifs is 1. The number of aromatic nitrogens is 2. The van der Waals surface area contributed by atoms with Crippen molar-refractivity contribution in [2.45, 2.75) is 19.3 Å². The highest BCUT2D eigenvalue weighted by Gasteiger charge is 2.12. The summed E-state index contributed by atoms with van der Waals surface area (Å²) in [5.74, 6) is 1.25. The Labute approximate surface area is 135 Å². The summed E-state index contributed by atoms with van der Waals surface area (Å²) in [7, 11) is 0. The van der Waals surface area contributed by atoms with Crippen LogP contribution in [0.1, 0.15) is 19.3 Å². The monoisotopic (exact) mass is 305 g/mol. The number of rotatable bonds is 2. The summed E-state index contributed by atoms with van der Waals surface area (Å²) in [5, 5.41) is 11.1. The van der Waals surface area contributed by atoms with Gasteiger partial charge >= 0.3 is 0 Å². The van der Waals surface area contributed by atoms with Crippen molar-refractivity contribution in [1.29, 1.82) is 0 Å². The minimum absolute atomic E-state index is 0.207. The zero-order valence-corrected chi connectivity index (χ0v) is 12.9. The van der Waals surface area contributed by atoms with Crippen LogP contribution in [0.3, 0.4) is 0 Å². The maximum atomic E-state index is 10.2. The summed E-state index contributed by atoms with van der Waals surface area (Å²) in [6, 6.07) is 11.8. The molecule has 23 heavy (non-hydrogen) atoms. The lowest BCUT2D eigenvalue weighted by Gasteiger charge is -2.27. The summed E-state index contributed by atoms with van der Waals surface area (Å²) < 4.78 is 0. The van der Waals surface area contributed by atoms with Crippen LogP contribution in [0.2, 0.25) is 0 Å². The third kappa shape index (κ3) is 2.72. The minimum atomic E-state index is 0.207. The molecule has 0 aliphatic carbocycles. The molecule has 2 aromatic heterocycles. The second kappa shape index (κ2) is 5.88. The van der Waals surface area contributed by atoms with Crippen LogP contribution in [0.4, 0.5) is 5.82 Å². The van der Waals surface area contributed by atoms with Gasteiger partial charge in [0.1, 0.15) is 17.1 Å². The molecule has 1 N–H and O–H groups in total. The molecule has 4 heteroatoms. The Balaban J connectivity index is 1.67. The highest BCUT2D eigenvalue weighted by atomic mass is 16.3. The molecule has 116 valence electrons. The van der Waals surface area contributed by atoms with Gasteiger partial charge < -0.3 is 10.0 Å². The zero-order valence-electron chi connectivity index (χ0n) is 12.9. The van der Waals surface area contributed by atoms with E-state index < -0.39 is 0 Å². The number of piperidine rings is 1. The van der Waals surface area contributed by atoms with Crippen molar-refractivity contribution >= 4 is 16.7 Å². The van der Waals surface area contributed by atoms with Gasteiger partial charge in [-0.15, -0.1) is 0 Å². The van der Waals surface area contributed by atoms with E-state index in [4.69, 9.17) is 0 Å². The fourth-order valence-corrected chi connectivity index (χ4v) is 3.21. The number of anilines is 1. The van der Waals surface area contributed by atoms with Crippen molar-refractivity contribution in [3.05, 3.63) is 48.8 Å². The van der Waals surface area contributed by atoms with Crippen molar-refractivity contribution in [3.63, 3.8) is 0 Å². The van der Waals surface area contributed by atoms with Crippen molar-refractivity contribution in [2.24, 2.45) is 0 Å². The van der Waals surface area contributed by atoms with E-state index in [0.29, 0.717) is 5.52 Å². The molecule has 3 aromatic rings. The summed E-state index contributed by atoms with van der Waals surface area (Å²) >= 11 is 0. The van der Waals surface area contributed by atoms with E-state index in [1.807, 2.05) is 24.4 Å². The SMILES string of the molecule is Oc1cc(-c2ccc(N3CCCCC3)nc2)cc2cccnc12. The van der Waals surface area contributed by atoms with Crippen LogP contribution in [0.5, 0.6) is 5.75 Å². The lowest BCUT2D eigenvalue weighted by molar-refractivity contribution is 0.480. The standard InChI is InChI=1S/C19H19N3O/c23-17-12-16(11-14-5-4-8-20-19(14)17)15-6-7-18(21-13-15)22-9-2-1-3-10-22/h4-8,11-13,23H,1-3,9-10H2. The number of phenols is 1. The number of phenolic OH excluding ortho intramolecular Hbond substituents is 1. The number of nitrogens with zero attached hydrogens (tertiary/aromatic N) is 3. The fraction of sp³-hybridized carbons (Fsp3) is 0.263. The Morgan fingerprint density at radius 3 is 2.57 bits per heavy atom. The number of aromatic hydroxyl groups is 1. The van der Waals surface area contributed by atoms with Gasteiger partial charge in [-0.1, -0.05) is 6.07 Å². The second-order valence-electron chi connectivity index (χ2n) is 6.02. The quantitative estimate of drug-likeness (QED) is 0.777. The summed E-state index contributed by atoms with van der Waals surface area (Å²) in [5.41, 5.74) is 2.60. The summed E-state index contributed by atoms with van der Waals surface area (Å²) in [6.07, 6.45) is 7.39. The van der Waals surface area contributed by atoms with Crippen molar-refractivity contribution in [2.75, 3.05) is 18.0 Å². The van der Waals surface area contributed by atoms with E-state index in [-0.39, 0.29) is 5.75 Å². The first kappa shape index (κ1) is 14.0. The van der Waals surface area contributed by atoms with E-state index in [2.05, 4.69) is 27.0 Å². The second-order valence-corrected chi connectivity index (χ2v) is 6.02. The molecule has 0 amide bonds. The largest absolute Gasteiger partial charge is 0.506 e. The maximum Gasteiger partial charge on any atom is 0.142 e. The predicted molar refractivity (Wildman–Crippen MR) is 92.7 cm³/mol. The highest BCUT2D eigenvalue weighted by Crippen LogP contribution is 2.30. The van der Waals surface area contributed by atoms with Gasteiger partial charge in [0, 0.05) is 36.4 Å². The normalized spacial score (nSPS) is 15.0. The van der Waals surface area contributed by atoms with Crippen molar-refractivity contribution in [1.82, 2.24) is 9.97 Å². The number of benzene rings is 1. The van der Waals surface area contributed by atoms with E-state index in [0.717, 1.165) is 35.4 Å². The Kier molecular flexibility index (Phi) is 3.58. The van der Waals surface area contributed by atoms with Crippen LogP contribution in [0, 0.1) is 0 Å². The molecule has 1 aromatic carbocycles. The van der Waals surface area contributed by atoms with Crippen LogP contribution in [0.15, 0.2) is 48.8 Å². The third-order valence-electron chi connectivity index (χ3n) is 4.45. The Morgan fingerprint density at radius 1 is 0.913 bits per heavy atom. The topological polar surface area (TPSA) is 49.2 Å². The molecule has 1 aliphatic rings. The average molecular weight is 305 g/mol. The molecular weight excluding hydrogens is 286 g/mol. The number of pyridine rings is 2. The van der Waals surface area contributed by atoms with E-state index >= 15 is 0 Å². The Hall–Kier alpha value is -2.62. The lowest BCUT2D eigenvalue weighted by atomic mass is 10.0. The number of hydrogen-bond acceptors (Lipinski definition) is 4. The molecular formula is C19H19N3O. The number of hydrogen-bond donors (Lipinski definition) is 1. The smallest absolute Gasteiger partial charge is 0.142 e. The first-order valence-electron chi connectivity index (χ1n) is 8.10. The molecule has 1 fully saturated rings. The highest BCUT2D eigenvalue weighted by molar-refractivity contribution is 5.89. The lowest BCUT2D eigenvalue weighted by Crippen LogP contribution is -2.29. The van der Waals surface area contributed by atoms with Crippen molar-refractivity contribution in [3.8, 4) is 16.9 Å². The van der Waals surface area contributed by atoms with Crippen molar-refractivity contribution < 1.29 is 5.11 Å². The molecule has 0 spiro atoms. The first-order chi connectivity index (χ1) is 11.3. The van der Waals surface area contributed by atoms with E-state index in [1.54, 1.807) is 12.3 Å². The molecule has 0 saturated carbocycles. The molecule has 0 bridgehead atoms. The van der Waals surface area contributed by atoms with Crippen LogP contribution >= 0.6 is 0 Å². The molecule has 4 rings (SSSR count). The molecule has 1 aliphatic heterocycles. The van der Waals surface area contributed by atoms with Gasteiger partial charge in [-0.3, -0.25) is 4.98 Å². The van der Waals surface area contributed by atoms with Gasteiger partial charge in [-0.2, -0.15) is 0 Å². The Bertz CT molecular complexity index is 824. The maximum absolute atomic E-state index is 10.2. The zero-order chi connectivity index (χ0) is 15.6. The predicted octanol–water partition coefficient (Wildman–Crippen LogP) is 3.99. The summed E-state index contributed by atoms with van der Waals surface area (Å²) in [4.78, 5) is 11.2. The van der Waals surface area contributed by atoms with Gasteiger partial charge in [0.2, 0.25) is 0 Å². The van der Waals surface area contributed by atoms with Gasteiger partial charge in [0.15, 0.2) is 0 Å². The van der Waals surface area contributed by atoms with Crippen LogP contribution in [0.25, 0.3) is 22.0 Å². The van der Waals surface area contributed by atoms with Crippen LogP contribution < -0.4 is 4.90 Å². The molecule has 0 unspecified atom stereocenters. The average Bonchev–Trinajstić information content (AvgIpc) is 2.63. The first-order valence-corrected chi connectivity index (χ1v) is 8.10. The Morgan fingerprint density at radius 2 is 1.78 bits per heavy atom. The fourth-order valence-electron chi connectivity index (χ4n) is 3.21. The molecule has 1 saturated heterocycles. The van der Waals surface area contributed by atoms with Gasteiger partial charge in [0.05, 0.1) is 0 Å². The minimum Gasteiger partial charge on any atom is -0.506 e. The van der Waals surface area contributed by atoms with E-state index in [1.165, 1.54) is 19.3 Å². The summed E-state index contributed by atoms with van der Waals surface area (Å²) in [6.45, 7) is 2.18.